The lowest BCUT2D eigenvalue weighted by atomic mass is 9.86. The van der Waals surface area contributed by atoms with Gasteiger partial charge in [-0.15, -0.1) is 0 Å². The summed E-state index contributed by atoms with van der Waals surface area (Å²) in [6, 6.07) is 0. The third kappa shape index (κ3) is 2.74. The van der Waals surface area contributed by atoms with Crippen LogP contribution >= 0.6 is 0 Å². The van der Waals surface area contributed by atoms with Crippen molar-refractivity contribution in [1.82, 2.24) is 4.90 Å². The number of carbonyl (C=O) groups excluding carboxylic acids is 1. The number of nitrogens with zero attached hydrogens (tertiary/aromatic N) is 1. The van der Waals surface area contributed by atoms with Crippen molar-refractivity contribution in [2.75, 3.05) is 31.1 Å². The van der Waals surface area contributed by atoms with Crippen LogP contribution in [-0.2, 0) is 14.6 Å². The molecule has 0 aromatic heterocycles. The van der Waals surface area contributed by atoms with Gasteiger partial charge in [-0.25, -0.2) is 8.42 Å². The highest BCUT2D eigenvalue weighted by Gasteiger charge is 2.36. The molecule has 1 rings (SSSR count). The quantitative estimate of drug-likeness (QED) is 0.738. The van der Waals surface area contributed by atoms with E-state index < -0.39 is 15.3 Å². The number of hydrogen-bond donors (Lipinski definition) is 1. The Morgan fingerprint density at radius 3 is 2.25 bits per heavy atom. The maximum atomic E-state index is 12.1. The van der Waals surface area contributed by atoms with E-state index in [1.165, 1.54) is 0 Å². The molecule has 0 spiro atoms. The lowest BCUT2D eigenvalue weighted by Gasteiger charge is -2.35. The lowest BCUT2D eigenvalue weighted by Crippen LogP contribution is -2.51. The lowest BCUT2D eigenvalue weighted by molar-refractivity contribution is -0.140. The summed E-state index contributed by atoms with van der Waals surface area (Å²) in [4.78, 5) is 13.8. The average molecular weight is 248 g/mol. The third-order valence-corrected chi connectivity index (χ3v) is 4.99. The molecule has 0 aromatic rings. The Morgan fingerprint density at radius 1 is 1.38 bits per heavy atom. The molecule has 0 aliphatic carbocycles. The molecule has 0 radical (unpaired) electrons. The first kappa shape index (κ1) is 13.4. The van der Waals surface area contributed by atoms with E-state index in [-0.39, 0.29) is 17.4 Å². The van der Waals surface area contributed by atoms with Crippen LogP contribution in [-0.4, -0.2) is 50.4 Å². The van der Waals surface area contributed by atoms with Gasteiger partial charge in [0.05, 0.1) is 16.9 Å². The molecule has 1 fully saturated rings. The van der Waals surface area contributed by atoms with Gasteiger partial charge in [0.15, 0.2) is 9.84 Å². The van der Waals surface area contributed by atoms with Crippen LogP contribution in [0.1, 0.15) is 20.3 Å². The number of rotatable bonds is 3. The predicted octanol–water partition coefficient (Wildman–Crippen LogP) is -0.382. The van der Waals surface area contributed by atoms with Gasteiger partial charge in [-0.3, -0.25) is 4.79 Å². The van der Waals surface area contributed by atoms with Crippen molar-refractivity contribution < 1.29 is 13.2 Å². The van der Waals surface area contributed by atoms with Gasteiger partial charge in [-0.1, -0.05) is 6.92 Å². The standard InChI is InChI=1S/C10H20N2O3S/c1-3-10(2,8-11)9(13)12-4-6-16(14,15)7-5-12/h3-8,11H2,1-2H3. The topological polar surface area (TPSA) is 80.5 Å². The van der Waals surface area contributed by atoms with Gasteiger partial charge in [-0.2, -0.15) is 0 Å². The van der Waals surface area contributed by atoms with Crippen LogP contribution < -0.4 is 5.73 Å². The van der Waals surface area contributed by atoms with Crippen molar-refractivity contribution in [3.8, 4) is 0 Å². The minimum Gasteiger partial charge on any atom is -0.340 e. The normalized spacial score (nSPS) is 23.8. The van der Waals surface area contributed by atoms with Crippen LogP contribution in [0.4, 0.5) is 0 Å². The van der Waals surface area contributed by atoms with Gasteiger partial charge in [0.1, 0.15) is 0 Å². The number of nitrogens with two attached hydrogens (primary N) is 1. The summed E-state index contributed by atoms with van der Waals surface area (Å²) in [5.74, 6) is 0.124. The molecule has 0 bridgehead atoms. The number of carbonyl (C=O) groups is 1. The minimum atomic E-state index is -2.93. The summed E-state index contributed by atoms with van der Waals surface area (Å²) in [5.41, 5.74) is 5.06. The van der Waals surface area contributed by atoms with Crippen molar-refractivity contribution in [1.29, 1.82) is 0 Å². The SMILES string of the molecule is CCC(C)(CN)C(=O)N1CCS(=O)(=O)CC1. The first-order valence-electron chi connectivity index (χ1n) is 5.54. The van der Waals surface area contributed by atoms with Crippen LogP contribution in [0.5, 0.6) is 0 Å². The Balaban J connectivity index is 2.70. The summed E-state index contributed by atoms with van der Waals surface area (Å²) in [6.07, 6.45) is 0.672. The molecule has 1 atom stereocenters. The van der Waals surface area contributed by atoms with Crippen molar-refractivity contribution in [2.45, 2.75) is 20.3 Å². The second kappa shape index (κ2) is 4.71. The molecule has 1 unspecified atom stereocenters. The summed E-state index contributed by atoms with van der Waals surface area (Å²) < 4.78 is 22.5. The van der Waals surface area contributed by atoms with Gasteiger partial charge in [0.2, 0.25) is 5.91 Å². The highest BCUT2D eigenvalue weighted by atomic mass is 32.2. The van der Waals surface area contributed by atoms with Crippen molar-refractivity contribution in [3.05, 3.63) is 0 Å². The van der Waals surface area contributed by atoms with E-state index in [1.807, 2.05) is 13.8 Å². The van der Waals surface area contributed by atoms with E-state index >= 15 is 0 Å². The molecule has 1 aliphatic rings. The fraction of sp³-hybridized carbons (Fsp3) is 0.900. The molecular formula is C10H20N2O3S. The van der Waals surface area contributed by atoms with Crippen molar-refractivity contribution in [2.24, 2.45) is 11.1 Å². The Bertz CT molecular complexity index is 346. The van der Waals surface area contributed by atoms with E-state index in [0.29, 0.717) is 26.1 Å². The zero-order valence-corrected chi connectivity index (χ0v) is 10.7. The molecule has 0 aromatic carbocycles. The van der Waals surface area contributed by atoms with Crippen molar-refractivity contribution >= 4 is 15.7 Å². The van der Waals surface area contributed by atoms with Gasteiger partial charge in [0.25, 0.3) is 0 Å². The minimum absolute atomic E-state index is 0.0209. The largest absolute Gasteiger partial charge is 0.340 e. The number of hydrogen-bond acceptors (Lipinski definition) is 4. The smallest absolute Gasteiger partial charge is 0.229 e. The third-order valence-electron chi connectivity index (χ3n) is 3.38. The molecule has 1 amide bonds. The van der Waals surface area contributed by atoms with Crippen LogP contribution in [0.3, 0.4) is 0 Å². The fourth-order valence-corrected chi connectivity index (χ4v) is 2.88. The highest BCUT2D eigenvalue weighted by molar-refractivity contribution is 7.91. The Morgan fingerprint density at radius 2 is 1.88 bits per heavy atom. The second-order valence-corrected chi connectivity index (χ2v) is 6.87. The summed E-state index contributed by atoms with van der Waals surface area (Å²) >= 11 is 0. The van der Waals surface area contributed by atoms with Crippen molar-refractivity contribution in [3.63, 3.8) is 0 Å². The molecule has 16 heavy (non-hydrogen) atoms. The van der Waals surface area contributed by atoms with Crippen LogP contribution in [0.15, 0.2) is 0 Å². The van der Waals surface area contributed by atoms with Crippen LogP contribution in [0, 0.1) is 5.41 Å². The van der Waals surface area contributed by atoms with Gasteiger partial charge >= 0.3 is 0 Å². The van der Waals surface area contributed by atoms with E-state index in [9.17, 15) is 13.2 Å². The zero-order valence-electron chi connectivity index (χ0n) is 9.90. The van der Waals surface area contributed by atoms with E-state index in [0.717, 1.165) is 0 Å². The zero-order chi connectivity index (χ0) is 12.4. The number of amides is 1. The predicted molar refractivity (Wildman–Crippen MR) is 62.7 cm³/mol. The molecule has 1 saturated heterocycles. The number of sulfone groups is 1. The van der Waals surface area contributed by atoms with E-state index in [2.05, 4.69) is 0 Å². The molecular weight excluding hydrogens is 228 g/mol. The van der Waals surface area contributed by atoms with E-state index in [1.54, 1.807) is 4.90 Å². The van der Waals surface area contributed by atoms with Gasteiger partial charge in [-0.05, 0) is 13.3 Å². The first-order chi connectivity index (χ1) is 7.34. The fourth-order valence-electron chi connectivity index (χ4n) is 1.68. The summed E-state index contributed by atoms with van der Waals surface area (Å²) in [6.45, 7) is 4.66. The Labute approximate surface area is 96.9 Å². The molecule has 2 N–H and O–H groups in total. The Kier molecular flexibility index (Phi) is 3.96. The van der Waals surface area contributed by atoms with E-state index in [4.69, 9.17) is 5.73 Å². The Hall–Kier alpha value is -0.620. The molecule has 1 aliphatic heterocycles. The molecule has 6 heteroatoms. The highest BCUT2D eigenvalue weighted by Crippen LogP contribution is 2.23. The van der Waals surface area contributed by atoms with Gasteiger partial charge in [0, 0.05) is 19.6 Å². The maximum absolute atomic E-state index is 12.1. The monoisotopic (exact) mass is 248 g/mol. The van der Waals surface area contributed by atoms with Crippen LogP contribution in [0.25, 0.3) is 0 Å². The molecule has 0 saturated carbocycles. The van der Waals surface area contributed by atoms with Gasteiger partial charge < -0.3 is 10.6 Å². The summed E-state index contributed by atoms with van der Waals surface area (Å²) in [7, 11) is -2.93. The first-order valence-corrected chi connectivity index (χ1v) is 7.36. The average Bonchev–Trinajstić information content (AvgIpc) is 2.27. The second-order valence-electron chi connectivity index (χ2n) is 4.56. The molecule has 94 valence electrons. The van der Waals surface area contributed by atoms with Crippen LogP contribution in [0.2, 0.25) is 0 Å². The summed E-state index contributed by atoms with van der Waals surface area (Å²) in [5, 5.41) is 0. The maximum Gasteiger partial charge on any atom is 0.229 e. The molecule has 5 nitrogen and oxygen atoms in total. The molecule has 1 heterocycles.